The van der Waals surface area contributed by atoms with Crippen molar-refractivity contribution in [1.29, 1.82) is 0 Å². The molecular formula is C16H35N. The van der Waals surface area contributed by atoms with Gasteiger partial charge in [-0.1, -0.05) is 47.0 Å². The van der Waals surface area contributed by atoms with Gasteiger partial charge in [0.1, 0.15) is 0 Å². The third kappa shape index (κ3) is 7.08. The summed E-state index contributed by atoms with van der Waals surface area (Å²) in [6.07, 6.45) is 11.4. The molecule has 0 N–H and O–H groups in total. The van der Waals surface area contributed by atoms with E-state index in [1.807, 2.05) is 13.8 Å². The van der Waals surface area contributed by atoms with Crippen LogP contribution in [-0.2, 0) is 0 Å². The van der Waals surface area contributed by atoms with Crippen LogP contribution in [0.1, 0.15) is 79.1 Å². The van der Waals surface area contributed by atoms with Crippen LogP contribution in [0.2, 0.25) is 0 Å². The molecule has 0 aromatic heterocycles. The first-order chi connectivity index (χ1) is 8.27. The molecule has 1 aliphatic carbocycles. The Balaban J connectivity index is 0.00000121. The summed E-state index contributed by atoms with van der Waals surface area (Å²) in [5.74, 6) is 1.03. The molecule has 0 atom stereocenters. The zero-order valence-corrected chi connectivity index (χ0v) is 13.0. The van der Waals surface area contributed by atoms with Gasteiger partial charge in [0.15, 0.2) is 0 Å². The van der Waals surface area contributed by atoms with Crippen LogP contribution in [0.3, 0.4) is 0 Å². The van der Waals surface area contributed by atoms with E-state index >= 15 is 0 Å². The van der Waals surface area contributed by atoms with Crippen molar-refractivity contribution in [3.05, 3.63) is 0 Å². The maximum absolute atomic E-state index is 2.61. The molecule has 0 heterocycles. The maximum Gasteiger partial charge on any atom is 0.00924 e. The predicted octanol–water partition coefficient (Wildman–Crippen LogP) is 5.10. The lowest BCUT2D eigenvalue weighted by atomic mass is 9.84. The van der Waals surface area contributed by atoms with Crippen LogP contribution >= 0.6 is 0 Å². The van der Waals surface area contributed by atoms with E-state index in [1.54, 1.807) is 0 Å². The van der Waals surface area contributed by atoms with Gasteiger partial charge in [-0.05, 0) is 51.6 Å². The summed E-state index contributed by atoms with van der Waals surface area (Å²) in [5.41, 5.74) is 0. The van der Waals surface area contributed by atoms with Gasteiger partial charge in [-0.3, -0.25) is 0 Å². The van der Waals surface area contributed by atoms with Gasteiger partial charge in [0.2, 0.25) is 0 Å². The molecule has 0 aliphatic heterocycles. The Morgan fingerprint density at radius 2 is 1.53 bits per heavy atom. The van der Waals surface area contributed by atoms with E-state index in [-0.39, 0.29) is 0 Å². The second-order valence-electron chi connectivity index (χ2n) is 5.27. The van der Waals surface area contributed by atoms with Gasteiger partial charge < -0.3 is 4.90 Å². The van der Waals surface area contributed by atoms with Crippen molar-refractivity contribution in [3.8, 4) is 0 Å². The molecule has 0 spiro atoms. The molecule has 17 heavy (non-hydrogen) atoms. The molecule has 1 heteroatoms. The van der Waals surface area contributed by atoms with Crippen molar-refractivity contribution in [2.24, 2.45) is 5.92 Å². The van der Waals surface area contributed by atoms with Crippen molar-refractivity contribution in [2.75, 3.05) is 13.6 Å². The zero-order valence-electron chi connectivity index (χ0n) is 13.0. The van der Waals surface area contributed by atoms with Crippen LogP contribution in [-0.4, -0.2) is 24.5 Å². The van der Waals surface area contributed by atoms with Crippen LogP contribution in [0.4, 0.5) is 0 Å². The summed E-state index contributed by atoms with van der Waals surface area (Å²) in [6.45, 7) is 9.94. The monoisotopic (exact) mass is 241 g/mol. The smallest absolute Gasteiger partial charge is 0.00924 e. The molecule has 1 saturated carbocycles. The van der Waals surface area contributed by atoms with Gasteiger partial charge in [-0.15, -0.1) is 0 Å². The average molecular weight is 241 g/mol. The molecule has 0 bridgehead atoms. The second kappa shape index (κ2) is 11.1. The molecule has 1 nitrogen and oxygen atoms in total. The Hall–Kier alpha value is -0.0400. The fourth-order valence-electron chi connectivity index (χ4n) is 2.79. The number of hydrogen-bond acceptors (Lipinski definition) is 1. The minimum absolute atomic E-state index is 0.893. The van der Waals surface area contributed by atoms with Crippen molar-refractivity contribution < 1.29 is 0 Å². The maximum atomic E-state index is 2.61. The normalized spacial score (nSPS) is 24.4. The third-order valence-electron chi connectivity index (χ3n) is 4.13. The van der Waals surface area contributed by atoms with E-state index in [2.05, 4.69) is 25.8 Å². The lowest BCUT2D eigenvalue weighted by Crippen LogP contribution is -2.35. The Morgan fingerprint density at radius 3 is 2.00 bits per heavy atom. The Morgan fingerprint density at radius 1 is 0.941 bits per heavy atom. The number of unbranched alkanes of at least 4 members (excludes halogenated alkanes) is 2. The molecule has 0 radical (unpaired) electrons. The number of hydrogen-bond donors (Lipinski definition) is 0. The molecule has 0 unspecified atom stereocenters. The van der Waals surface area contributed by atoms with Crippen molar-refractivity contribution in [1.82, 2.24) is 4.90 Å². The number of nitrogens with zero attached hydrogens (tertiary/aromatic N) is 1. The molecule has 0 aromatic carbocycles. The predicted molar refractivity (Wildman–Crippen MR) is 79.5 cm³/mol. The standard InChI is InChI=1S/C14H29N.C2H6/c1-4-6-7-12-15(3)14-10-8-13(5-2)9-11-14;1-2/h13-14H,4-12H2,1-3H3;1-2H3. The van der Waals surface area contributed by atoms with Gasteiger partial charge in [0.05, 0.1) is 0 Å². The first kappa shape index (κ1) is 17.0. The summed E-state index contributed by atoms with van der Waals surface area (Å²) in [4.78, 5) is 2.61. The van der Waals surface area contributed by atoms with E-state index in [1.165, 1.54) is 57.9 Å². The van der Waals surface area contributed by atoms with E-state index < -0.39 is 0 Å². The minimum Gasteiger partial charge on any atom is -0.303 e. The highest BCUT2D eigenvalue weighted by Gasteiger charge is 2.22. The number of rotatable bonds is 6. The summed E-state index contributed by atoms with van der Waals surface area (Å²) in [7, 11) is 2.33. The lowest BCUT2D eigenvalue weighted by molar-refractivity contribution is 0.161. The van der Waals surface area contributed by atoms with Crippen LogP contribution in [0.5, 0.6) is 0 Å². The fourth-order valence-corrected chi connectivity index (χ4v) is 2.79. The third-order valence-corrected chi connectivity index (χ3v) is 4.13. The summed E-state index contributed by atoms with van der Waals surface area (Å²) >= 11 is 0. The van der Waals surface area contributed by atoms with Gasteiger partial charge in [-0.25, -0.2) is 0 Å². The highest BCUT2D eigenvalue weighted by molar-refractivity contribution is 4.77. The zero-order chi connectivity index (χ0) is 13.1. The summed E-state index contributed by atoms with van der Waals surface area (Å²) in [5, 5.41) is 0. The summed E-state index contributed by atoms with van der Waals surface area (Å²) < 4.78 is 0. The molecule has 1 aliphatic rings. The van der Waals surface area contributed by atoms with Crippen LogP contribution in [0.25, 0.3) is 0 Å². The summed E-state index contributed by atoms with van der Waals surface area (Å²) in [6, 6.07) is 0.893. The van der Waals surface area contributed by atoms with Crippen LogP contribution in [0.15, 0.2) is 0 Å². The van der Waals surface area contributed by atoms with Gasteiger partial charge >= 0.3 is 0 Å². The van der Waals surface area contributed by atoms with E-state index in [0.29, 0.717) is 0 Å². The molecule has 1 rings (SSSR count). The second-order valence-corrected chi connectivity index (χ2v) is 5.27. The Bertz CT molecular complexity index is 148. The van der Waals surface area contributed by atoms with Crippen molar-refractivity contribution in [2.45, 2.75) is 85.1 Å². The Kier molecular flexibility index (Phi) is 11.0. The van der Waals surface area contributed by atoms with E-state index in [9.17, 15) is 0 Å². The molecule has 0 amide bonds. The van der Waals surface area contributed by atoms with Crippen LogP contribution in [0, 0.1) is 5.92 Å². The highest BCUT2D eigenvalue weighted by atomic mass is 15.1. The van der Waals surface area contributed by atoms with Gasteiger partial charge in [0.25, 0.3) is 0 Å². The van der Waals surface area contributed by atoms with E-state index in [0.717, 1.165) is 12.0 Å². The topological polar surface area (TPSA) is 3.24 Å². The fraction of sp³-hybridized carbons (Fsp3) is 1.00. The van der Waals surface area contributed by atoms with Crippen LogP contribution < -0.4 is 0 Å². The Labute approximate surface area is 110 Å². The molecule has 104 valence electrons. The minimum atomic E-state index is 0.893. The molecule has 0 saturated heterocycles. The lowest BCUT2D eigenvalue weighted by Gasteiger charge is -2.34. The van der Waals surface area contributed by atoms with Gasteiger partial charge in [-0.2, -0.15) is 0 Å². The van der Waals surface area contributed by atoms with E-state index in [4.69, 9.17) is 0 Å². The molecular weight excluding hydrogens is 206 g/mol. The van der Waals surface area contributed by atoms with Gasteiger partial charge in [0, 0.05) is 6.04 Å². The first-order valence-electron chi connectivity index (χ1n) is 7.98. The van der Waals surface area contributed by atoms with Crippen molar-refractivity contribution in [3.63, 3.8) is 0 Å². The quantitative estimate of drug-likeness (QED) is 0.585. The van der Waals surface area contributed by atoms with Crippen molar-refractivity contribution >= 4 is 0 Å². The molecule has 1 fully saturated rings. The highest BCUT2D eigenvalue weighted by Crippen LogP contribution is 2.28. The SMILES string of the molecule is CC.CCCCCN(C)C1CCC(CC)CC1. The largest absolute Gasteiger partial charge is 0.303 e. The molecule has 0 aromatic rings. The first-order valence-corrected chi connectivity index (χ1v) is 7.98. The average Bonchev–Trinajstić information content (AvgIpc) is 2.41.